The molecule has 2 aliphatic heterocycles. The average Bonchev–Trinajstić information content (AvgIpc) is 3.07. The van der Waals surface area contributed by atoms with Gasteiger partial charge in [-0.05, 0) is 25.0 Å². The molecule has 6 nitrogen and oxygen atoms in total. The van der Waals surface area contributed by atoms with E-state index in [4.69, 9.17) is 9.15 Å². The first-order chi connectivity index (χ1) is 10.5. The van der Waals surface area contributed by atoms with Crippen LogP contribution in [-0.4, -0.2) is 48.2 Å². The molecule has 120 valence electrons. The van der Waals surface area contributed by atoms with Crippen molar-refractivity contribution in [2.24, 2.45) is 11.3 Å². The molecule has 0 bridgehead atoms. The Kier molecular flexibility index (Phi) is 3.72. The third kappa shape index (κ3) is 2.22. The minimum Gasteiger partial charge on any atom is -0.481 e. The summed E-state index contributed by atoms with van der Waals surface area (Å²) in [6, 6.07) is 1.74. The number of aryl methyl sites for hydroxylation is 2. The Morgan fingerprint density at radius 1 is 1.50 bits per heavy atom. The quantitative estimate of drug-likeness (QED) is 0.919. The van der Waals surface area contributed by atoms with Crippen molar-refractivity contribution in [2.45, 2.75) is 26.7 Å². The zero-order valence-electron chi connectivity index (χ0n) is 12.9. The van der Waals surface area contributed by atoms with Crippen LogP contribution in [0.4, 0.5) is 0 Å². The van der Waals surface area contributed by atoms with Crippen molar-refractivity contribution in [3.8, 4) is 0 Å². The normalized spacial score (nSPS) is 27.7. The number of rotatable bonds is 3. The van der Waals surface area contributed by atoms with Crippen LogP contribution >= 0.6 is 0 Å². The molecule has 1 aromatic heterocycles. The highest BCUT2D eigenvalue weighted by atomic mass is 16.5. The number of aliphatic carboxylic acids is 1. The summed E-state index contributed by atoms with van der Waals surface area (Å²) < 4.78 is 11.0. The SMILES string of the molecule is CCc1oc(C(=O)N2C[C@H]3COCC[C@@]3(C(=O)O)C2)cc1C. The largest absolute Gasteiger partial charge is 0.481 e. The Morgan fingerprint density at radius 3 is 2.86 bits per heavy atom. The molecule has 2 atom stereocenters. The lowest BCUT2D eigenvalue weighted by Gasteiger charge is -2.33. The number of amides is 1. The highest BCUT2D eigenvalue weighted by Crippen LogP contribution is 2.42. The molecule has 0 saturated carbocycles. The second-order valence-electron chi connectivity index (χ2n) is 6.24. The zero-order valence-corrected chi connectivity index (χ0v) is 12.9. The minimum atomic E-state index is -0.872. The maximum absolute atomic E-state index is 12.6. The van der Waals surface area contributed by atoms with Crippen molar-refractivity contribution in [1.82, 2.24) is 4.90 Å². The van der Waals surface area contributed by atoms with Crippen LogP contribution in [0.3, 0.4) is 0 Å². The van der Waals surface area contributed by atoms with E-state index in [1.54, 1.807) is 11.0 Å². The number of carbonyl (C=O) groups is 2. The molecular formula is C16H21NO5. The van der Waals surface area contributed by atoms with Crippen molar-refractivity contribution in [2.75, 3.05) is 26.3 Å². The van der Waals surface area contributed by atoms with Gasteiger partial charge in [0.1, 0.15) is 5.76 Å². The maximum Gasteiger partial charge on any atom is 0.311 e. The molecule has 2 saturated heterocycles. The van der Waals surface area contributed by atoms with Crippen LogP contribution in [0.2, 0.25) is 0 Å². The number of nitrogens with zero attached hydrogens (tertiary/aromatic N) is 1. The van der Waals surface area contributed by atoms with E-state index in [0.29, 0.717) is 31.9 Å². The number of fused-ring (bicyclic) bond motifs is 1. The number of carboxylic acid groups (broad SMARTS) is 1. The van der Waals surface area contributed by atoms with Crippen LogP contribution in [0, 0.1) is 18.3 Å². The molecule has 2 aliphatic rings. The van der Waals surface area contributed by atoms with Gasteiger partial charge in [-0.15, -0.1) is 0 Å². The topological polar surface area (TPSA) is 80.0 Å². The van der Waals surface area contributed by atoms with Gasteiger partial charge < -0.3 is 19.2 Å². The first-order valence-corrected chi connectivity index (χ1v) is 7.67. The summed E-state index contributed by atoms with van der Waals surface area (Å²) in [7, 11) is 0. The van der Waals surface area contributed by atoms with Crippen LogP contribution in [-0.2, 0) is 16.0 Å². The van der Waals surface area contributed by atoms with Gasteiger partial charge in [0.15, 0.2) is 5.76 Å². The summed E-state index contributed by atoms with van der Waals surface area (Å²) >= 11 is 0. The Labute approximate surface area is 129 Å². The van der Waals surface area contributed by atoms with E-state index in [1.807, 2.05) is 13.8 Å². The molecule has 2 fully saturated rings. The Balaban J connectivity index is 1.84. The maximum atomic E-state index is 12.6. The van der Waals surface area contributed by atoms with Crippen molar-refractivity contribution >= 4 is 11.9 Å². The van der Waals surface area contributed by atoms with Crippen LogP contribution in [0.15, 0.2) is 10.5 Å². The summed E-state index contributed by atoms with van der Waals surface area (Å²) in [4.78, 5) is 26.0. The molecular weight excluding hydrogens is 286 g/mol. The number of hydrogen-bond acceptors (Lipinski definition) is 4. The van der Waals surface area contributed by atoms with Crippen LogP contribution in [0.1, 0.15) is 35.2 Å². The highest BCUT2D eigenvalue weighted by molar-refractivity contribution is 5.93. The summed E-state index contributed by atoms with van der Waals surface area (Å²) in [5.41, 5.74) is 0.0853. The monoisotopic (exact) mass is 307 g/mol. The predicted molar refractivity (Wildman–Crippen MR) is 77.7 cm³/mol. The van der Waals surface area contributed by atoms with Gasteiger partial charge in [-0.25, -0.2) is 0 Å². The van der Waals surface area contributed by atoms with Gasteiger partial charge in [-0.3, -0.25) is 9.59 Å². The molecule has 0 unspecified atom stereocenters. The molecule has 1 amide bonds. The van der Waals surface area contributed by atoms with Gasteiger partial charge in [-0.1, -0.05) is 6.92 Å². The number of likely N-dealkylation sites (tertiary alicyclic amines) is 1. The standard InChI is InChI=1S/C16H21NO5/c1-3-12-10(2)6-13(22-12)14(18)17-7-11-8-21-5-4-16(11,9-17)15(19)20/h6,11H,3-5,7-9H2,1-2H3,(H,19,20)/t11-,16+/m0/s1. The molecule has 1 aromatic rings. The first-order valence-electron chi connectivity index (χ1n) is 7.67. The Bertz CT molecular complexity index is 608. The fourth-order valence-corrected chi connectivity index (χ4v) is 3.59. The second kappa shape index (κ2) is 5.43. The van der Waals surface area contributed by atoms with Gasteiger partial charge in [0, 0.05) is 32.0 Å². The molecule has 22 heavy (non-hydrogen) atoms. The van der Waals surface area contributed by atoms with E-state index in [9.17, 15) is 14.7 Å². The van der Waals surface area contributed by atoms with E-state index in [2.05, 4.69) is 0 Å². The lowest BCUT2D eigenvalue weighted by Crippen LogP contribution is -2.45. The van der Waals surface area contributed by atoms with E-state index < -0.39 is 11.4 Å². The summed E-state index contributed by atoms with van der Waals surface area (Å²) in [5.74, 6) is -0.103. The van der Waals surface area contributed by atoms with Crippen LogP contribution in [0.25, 0.3) is 0 Å². The summed E-state index contributed by atoms with van der Waals surface area (Å²) in [6.45, 7) is 5.36. The highest BCUT2D eigenvalue weighted by Gasteiger charge is 2.55. The molecule has 3 heterocycles. The third-order valence-electron chi connectivity index (χ3n) is 4.97. The van der Waals surface area contributed by atoms with Crippen LogP contribution in [0.5, 0.6) is 0 Å². The molecule has 0 aliphatic carbocycles. The fraction of sp³-hybridized carbons (Fsp3) is 0.625. The number of ether oxygens (including phenoxy) is 1. The molecule has 3 rings (SSSR count). The van der Waals surface area contributed by atoms with Crippen molar-refractivity contribution < 1.29 is 23.8 Å². The smallest absolute Gasteiger partial charge is 0.311 e. The molecule has 6 heteroatoms. The van der Waals surface area contributed by atoms with Crippen molar-refractivity contribution in [1.29, 1.82) is 0 Å². The van der Waals surface area contributed by atoms with Gasteiger partial charge >= 0.3 is 5.97 Å². The molecule has 0 spiro atoms. The third-order valence-corrected chi connectivity index (χ3v) is 4.97. The Hall–Kier alpha value is -1.82. The van der Waals surface area contributed by atoms with Gasteiger partial charge in [0.25, 0.3) is 5.91 Å². The van der Waals surface area contributed by atoms with Crippen molar-refractivity contribution in [3.05, 3.63) is 23.2 Å². The van der Waals surface area contributed by atoms with E-state index in [0.717, 1.165) is 17.7 Å². The van der Waals surface area contributed by atoms with Gasteiger partial charge in [0.05, 0.1) is 12.0 Å². The minimum absolute atomic E-state index is 0.149. The molecule has 0 aromatic carbocycles. The lowest BCUT2D eigenvalue weighted by molar-refractivity contribution is -0.157. The van der Waals surface area contributed by atoms with Gasteiger partial charge in [0.2, 0.25) is 0 Å². The summed E-state index contributed by atoms with van der Waals surface area (Å²) in [5, 5.41) is 9.64. The van der Waals surface area contributed by atoms with Crippen LogP contribution < -0.4 is 0 Å². The van der Waals surface area contributed by atoms with Gasteiger partial charge in [-0.2, -0.15) is 0 Å². The Morgan fingerprint density at radius 2 is 2.27 bits per heavy atom. The fourth-order valence-electron chi connectivity index (χ4n) is 3.59. The summed E-state index contributed by atoms with van der Waals surface area (Å²) in [6.07, 6.45) is 1.18. The van der Waals surface area contributed by atoms with E-state index in [-0.39, 0.29) is 18.4 Å². The lowest BCUT2D eigenvalue weighted by atomic mass is 9.74. The molecule has 0 radical (unpaired) electrons. The average molecular weight is 307 g/mol. The predicted octanol–water partition coefficient (Wildman–Crippen LogP) is 1.71. The van der Waals surface area contributed by atoms with Crippen molar-refractivity contribution in [3.63, 3.8) is 0 Å². The number of carbonyl (C=O) groups excluding carboxylic acids is 1. The zero-order chi connectivity index (χ0) is 15.9. The number of carboxylic acids is 1. The van der Waals surface area contributed by atoms with E-state index in [1.165, 1.54) is 0 Å². The van der Waals surface area contributed by atoms with E-state index >= 15 is 0 Å². The number of furan rings is 1. The first kappa shape index (κ1) is 15.1. The molecule has 1 N–H and O–H groups in total. The second-order valence-corrected chi connectivity index (χ2v) is 6.24. The number of hydrogen-bond donors (Lipinski definition) is 1.